The van der Waals surface area contributed by atoms with Crippen molar-refractivity contribution >= 4 is 5.91 Å². The average Bonchev–Trinajstić information content (AvgIpc) is 3.09. The Balaban J connectivity index is 1.64. The summed E-state index contributed by atoms with van der Waals surface area (Å²) in [5.74, 6) is 1.82. The lowest BCUT2D eigenvalue weighted by Crippen LogP contribution is -2.45. The predicted octanol–water partition coefficient (Wildman–Crippen LogP) is 2.55. The van der Waals surface area contributed by atoms with E-state index in [2.05, 4.69) is 11.0 Å². The minimum atomic E-state index is 0.223. The monoisotopic (exact) mass is 376 g/mol. The number of ether oxygens (including phenoxy) is 3. The smallest absolute Gasteiger partial charge is 0.224 e. The van der Waals surface area contributed by atoms with Gasteiger partial charge in [0.2, 0.25) is 5.91 Å². The van der Waals surface area contributed by atoms with Crippen molar-refractivity contribution in [2.24, 2.45) is 5.41 Å². The van der Waals surface area contributed by atoms with Gasteiger partial charge in [0, 0.05) is 44.3 Å². The number of hydrogen-bond acceptors (Lipinski definition) is 5. The van der Waals surface area contributed by atoms with Crippen molar-refractivity contribution in [3.05, 3.63) is 23.8 Å². The van der Waals surface area contributed by atoms with Crippen LogP contribution in [-0.4, -0.2) is 69.8 Å². The Morgan fingerprint density at radius 3 is 2.70 bits per heavy atom. The number of likely N-dealkylation sites (tertiary alicyclic amines) is 2. The third-order valence-corrected chi connectivity index (χ3v) is 5.93. The van der Waals surface area contributed by atoms with E-state index in [4.69, 9.17) is 14.2 Å². The largest absolute Gasteiger partial charge is 0.493 e. The van der Waals surface area contributed by atoms with Crippen molar-refractivity contribution in [3.8, 4) is 11.5 Å². The zero-order valence-corrected chi connectivity index (χ0v) is 16.8. The van der Waals surface area contributed by atoms with Gasteiger partial charge in [-0.05, 0) is 31.9 Å². The van der Waals surface area contributed by atoms with Crippen LogP contribution in [0.3, 0.4) is 0 Å². The van der Waals surface area contributed by atoms with Gasteiger partial charge in [0.25, 0.3) is 0 Å². The first-order chi connectivity index (χ1) is 13.1. The minimum absolute atomic E-state index is 0.223. The topological polar surface area (TPSA) is 51.2 Å². The Kier molecular flexibility index (Phi) is 6.60. The molecule has 1 unspecified atom stereocenters. The molecule has 0 radical (unpaired) electrons. The summed E-state index contributed by atoms with van der Waals surface area (Å²) in [6, 6.07) is 6.06. The van der Waals surface area contributed by atoms with Crippen LogP contribution in [0.5, 0.6) is 11.5 Å². The molecule has 6 nitrogen and oxygen atoms in total. The van der Waals surface area contributed by atoms with Crippen molar-refractivity contribution in [1.82, 2.24) is 9.80 Å². The predicted molar refractivity (Wildman–Crippen MR) is 104 cm³/mol. The zero-order valence-electron chi connectivity index (χ0n) is 16.8. The van der Waals surface area contributed by atoms with E-state index in [1.54, 1.807) is 21.3 Å². The molecule has 1 amide bonds. The lowest BCUT2D eigenvalue weighted by molar-refractivity contribution is -0.131. The number of hydrogen-bond donors (Lipinski definition) is 0. The molecule has 0 aliphatic carbocycles. The van der Waals surface area contributed by atoms with E-state index in [0.717, 1.165) is 56.2 Å². The molecule has 2 aliphatic rings. The number of nitrogens with zero attached hydrogens (tertiary/aromatic N) is 2. The summed E-state index contributed by atoms with van der Waals surface area (Å²) in [5, 5.41) is 0. The highest BCUT2D eigenvalue weighted by atomic mass is 16.5. The highest BCUT2D eigenvalue weighted by Crippen LogP contribution is 2.40. The van der Waals surface area contributed by atoms with Crippen LogP contribution < -0.4 is 9.47 Å². The number of methoxy groups -OCH3 is 3. The SMILES string of the molecule is COCCC(=O)N1CCC2(CCCN(Cc3cccc(OC)c3OC)C2)C1. The fraction of sp³-hybridized carbons (Fsp3) is 0.667. The molecule has 1 aromatic rings. The highest BCUT2D eigenvalue weighted by molar-refractivity contribution is 5.76. The molecule has 1 aromatic carbocycles. The molecule has 3 rings (SSSR count). The van der Waals surface area contributed by atoms with Crippen molar-refractivity contribution in [2.45, 2.75) is 32.2 Å². The highest BCUT2D eigenvalue weighted by Gasteiger charge is 2.42. The number of amides is 1. The molecule has 2 heterocycles. The lowest BCUT2D eigenvalue weighted by Gasteiger charge is -2.40. The maximum atomic E-state index is 12.4. The van der Waals surface area contributed by atoms with Crippen LogP contribution in [0.25, 0.3) is 0 Å². The van der Waals surface area contributed by atoms with Crippen LogP contribution in [0.2, 0.25) is 0 Å². The van der Waals surface area contributed by atoms with Crippen LogP contribution in [0, 0.1) is 5.41 Å². The van der Waals surface area contributed by atoms with Gasteiger partial charge in [-0.15, -0.1) is 0 Å². The molecule has 2 saturated heterocycles. The molecule has 1 spiro atoms. The van der Waals surface area contributed by atoms with Gasteiger partial charge >= 0.3 is 0 Å². The molecule has 2 fully saturated rings. The second-order valence-corrected chi connectivity index (χ2v) is 7.77. The Labute approximate surface area is 162 Å². The van der Waals surface area contributed by atoms with Crippen LogP contribution in [0.1, 0.15) is 31.2 Å². The van der Waals surface area contributed by atoms with E-state index in [9.17, 15) is 4.79 Å². The molecular formula is C21H32N2O4. The third kappa shape index (κ3) is 4.55. The summed E-state index contributed by atoms with van der Waals surface area (Å²) in [7, 11) is 5.01. The average molecular weight is 376 g/mol. The van der Waals surface area contributed by atoms with E-state index in [1.165, 1.54) is 12.8 Å². The number of rotatable bonds is 7. The number of piperidine rings is 1. The molecule has 0 N–H and O–H groups in total. The second-order valence-electron chi connectivity index (χ2n) is 7.77. The molecule has 27 heavy (non-hydrogen) atoms. The van der Waals surface area contributed by atoms with Crippen LogP contribution in [0.15, 0.2) is 18.2 Å². The third-order valence-electron chi connectivity index (χ3n) is 5.93. The fourth-order valence-electron chi connectivity index (χ4n) is 4.59. The van der Waals surface area contributed by atoms with Crippen LogP contribution in [0.4, 0.5) is 0 Å². The summed E-state index contributed by atoms with van der Waals surface area (Å²) in [6.45, 7) is 5.21. The van der Waals surface area contributed by atoms with Gasteiger partial charge < -0.3 is 19.1 Å². The summed E-state index contributed by atoms with van der Waals surface area (Å²) >= 11 is 0. The first kappa shape index (κ1) is 20.0. The summed E-state index contributed by atoms with van der Waals surface area (Å²) < 4.78 is 16.1. The molecule has 0 saturated carbocycles. The van der Waals surface area contributed by atoms with E-state index in [-0.39, 0.29) is 11.3 Å². The minimum Gasteiger partial charge on any atom is -0.493 e. The molecule has 0 bridgehead atoms. The maximum absolute atomic E-state index is 12.4. The lowest BCUT2D eigenvalue weighted by atomic mass is 9.79. The fourth-order valence-corrected chi connectivity index (χ4v) is 4.59. The maximum Gasteiger partial charge on any atom is 0.224 e. The van der Waals surface area contributed by atoms with Gasteiger partial charge in [-0.2, -0.15) is 0 Å². The summed E-state index contributed by atoms with van der Waals surface area (Å²) in [4.78, 5) is 16.9. The molecule has 1 atom stereocenters. The van der Waals surface area contributed by atoms with E-state index < -0.39 is 0 Å². The van der Waals surface area contributed by atoms with Crippen molar-refractivity contribution in [1.29, 1.82) is 0 Å². The molecule has 2 aliphatic heterocycles. The second kappa shape index (κ2) is 8.93. The van der Waals surface area contributed by atoms with Gasteiger partial charge in [0.1, 0.15) is 0 Å². The van der Waals surface area contributed by atoms with Crippen LogP contribution >= 0.6 is 0 Å². The van der Waals surface area contributed by atoms with Crippen LogP contribution in [-0.2, 0) is 16.1 Å². The van der Waals surface area contributed by atoms with Gasteiger partial charge in [0.15, 0.2) is 11.5 Å². The van der Waals surface area contributed by atoms with Gasteiger partial charge in [-0.25, -0.2) is 0 Å². The molecule has 6 heteroatoms. The molecule has 150 valence electrons. The number of benzene rings is 1. The van der Waals surface area contributed by atoms with E-state index in [1.807, 2.05) is 17.0 Å². The standard InChI is InChI=1S/C21H32N2O4/c1-25-13-8-19(24)23-12-10-21(16-23)9-5-11-22(15-21)14-17-6-4-7-18(26-2)20(17)27-3/h4,6-7H,5,8-16H2,1-3H3. The summed E-state index contributed by atoms with van der Waals surface area (Å²) in [5.41, 5.74) is 1.38. The van der Waals surface area contributed by atoms with Crippen molar-refractivity contribution in [3.63, 3.8) is 0 Å². The quantitative estimate of drug-likeness (QED) is 0.732. The van der Waals surface area contributed by atoms with E-state index >= 15 is 0 Å². The molecular weight excluding hydrogens is 344 g/mol. The van der Waals surface area contributed by atoms with Crippen molar-refractivity contribution in [2.75, 3.05) is 54.1 Å². The van der Waals surface area contributed by atoms with Gasteiger partial charge in [-0.1, -0.05) is 12.1 Å². The molecule has 0 aromatic heterocycles. The number of carbonyl (C=O) groups excluding carboxylic acids is 1. The first-order valence-electron chi connectivity index (χ1n) is 9.80. The van der Waals surface area contributed by atoms with Crippen molar-refractivity contribution < 1.29 is 19.0 Å². The Morgan fingerprint density at radius 1 is 1.11 bits per heavy atom. The Morgan fingerprint density at radius 2 is 1.96 bits per heavy atom. The number of para-hydroxylation sites is 1. The Bertz CT molecular complexity index is 651. The first-order valence-corrected chi connectivity index (χ1v) is 9.80. The Hall–Kier alpha value is -1.79. The summed E-state index contributed by atoms with van der Waals surface area (Å²) in [6.07, 6.45) is 3.95. The van der Waals surface area contributed by atoms with E-state index in [0.29, 0.717) is 13.0 Å². The van der Waals surface area contributed by atoms with Gasteiger partial charge in [0.05, 0.1) is 27.2 Å². The normalized spacial score (nSPS) is 23.0. The number of carbonyl (C=O) groups is 1. The van der Waals surface area contributed by atoms with Gasteiger partial charge in [-0.3, -0.25) is 9.69 Å². The zero-order chi connectivity index (χ0) is 19.3.